The van der Waals surface area contributed by atoms with E-state index in [1.807, 2.05) is 16.8 Å². The van der Waals surface area contributed by atoms with Gasteiger partial charge >= 0.3 is 0 Å². The van der Waals surface area contributed by atoms with Crippen LogP contribution in [0, 0.1) is 5.92 Å². The number of nitrogen functional groups attached to an aromatic ring is 1. The van der Waals surface area contributed by atoms with Gasteiger partial charge in [0.05, 0.1) is 13.2 Å². The highest BCUT2D eigenvalue weighted by Gasteiger charge is 2.22. The first kappa shape index (κ1) is 16.2. The van der Waals surface area contributed by atoms with Gasteiger partial charge in [0.2, 0.25) is 0 Å². The smallest absolute Gasteiger partial charge is 0.162 e. The zero-order chi connectivity index (χ0) is 17.2. The summed E-state index contributed by atoms with van der Waals surface area (Å²) in [6.45, 7) is 2.98. The Kier molecular flexibility index (Phi) is 4.50. The van der Waals surface area contributed by atoms with Crippen molar-refractivity contribution in [3.63, 3.8) is 0 Å². The molecule has 2 N–H and O–H groups in total. The minimum absolute atomic E-state index is 0.436. The van der Waals surface area contributed by atoms with Crippen molar-refractivity contribution in [1.29, 1.82) is 0 Å². The summed E-state index contributed by atoms with van der Waals surface area (Å²) < 4.78 is 12.8. The van der Waals surface area contributed by atoms with E-state index in [1.165, 1.54) is 5.69 Å². The lowest BCUT2D eigenvalue weighted by atomic mass is 9.93. The molecule has 132 valence electrons. The fourth-order valence-electron chi connectivity index (χ4n) is 3.60. The van der Waals surface area contributed by atoms with Crippen LogP contribution in [-0.4, -0.2) is 46.7 Å². The molecule has 25 heavy (non-hydrogen) atoms. The summed E-state index contributed by atoms with van der Waals surface area (Å²) in [7, 11) is 1.70. The van der Waals surface area contributed by atoms with Gasteiger partial charge in [0.15, 0.2) is 11.5 Å². The van der Waals surface area contributed by atoms with Gasteiger partial charge in [-0.1, -0.05) is 0 Å². The number of methoxy groups -OCH3 is 1. The molecule has 0 bridgehead atoms. The summed E-state index contributed by atoms with van der Waals surface area (Å²) in [5.74, 6) is 1.03. The third-order valence-corrected chi connectivity index (χ3v) is 4.91. The van der Waals surface area contributed by atoms with Crippen molar-refractivity contribution < 1.29 is 9.47 Å². The average Bonchev–Trinajstić information content (AvgIpc) is 3.00. The second kappa shape index (κ2) is 6.93. The maximum absolute atomic E-state index is 6.19. The van der Waals surface area contributed by atoms with Crippen molar-refractivity contribution in [3.05, 3.63) is 24.0 Å². The van der Waals surface area contributed by atoms with E-state index in [4.69, 9.17) is 20.3 Å². The van der Waals surface area contributed by atoms with E-state index in [0.717, 1.165) is 48.8 Å². The number of ether oxygens (including phenoxy) is 2. The van der Waals surface area contributed by atoms with Crippen molar-refractivity contribution in [1.82, 2.24) is 19.7 Å². The Morgan fingerprint density at radius 1 is 1.36 bits per heavy atom. The first-order chi connectivity index (χ1) is 12.3. The van der Waals surface area contributed by atoms with Crippen molar-refractivity contribution in [2.75, 3.05) is 32.7 Å². The zero-order valence-corrected chi connectivity index (χ0v) is 14.4. The number of aromatic nitrogens is 4. The number of hydrogen-bond donors (Lipinski definition) is 1. The standard InChI is InChI=1S/C18H23N5O2/c1-24-10-7-23-14(11-12-4-8-25-9-5-12)15-13-3-2-6-20-18(13)21-17(19)16(15)22-23/h2-3,6,12H,4-5,7-11H2,1H3,(H2,19,20,21). The number of pyridine rings is 2. The van der Waals surface area contributed by atoms with E-state index >= 15 is 0 Å². The lowest BCUT2D eigenvalue weighted by Gasteiger charge is -2.22. The van der Waals surface area contributed by atoms with Crippen LogP contribution in [0.2, 0.25) is 0 Å². The Morgan fingerprint density at radius 3 is 3.00 bits per heavy atom. The molecule has 1 saturated heterocycles. The fourth-order valence-corrected chi connectivity index (χ4v) is 3.60. The van der Waals surface area contributed by atoms with Crippen LogP contribution >= 0.6 is 0 Å². The molecule has 1 aliphatic heterocycles. The molecule has 0 saturated carbocycles. The molecule has 0 aliphatic carbocycles. The maximum Gasteiger partial charge on any atom is 0.162 e. The average molecular weight is 341 g/mol. The molecule has 4 rings (SSSR count). The predicted octanol–water partition coefficient (Wildman–Crippen LogP) is 2.18. The highest BCUT2D eigenvalue weighted by Crippen LogP contribution is 2.32. The zero-order valence-electron chi connectivity index (χ0n) is 14.4. The molecule has 0 amide bonds. The van der Waals surface area contributed by atoms with Crippen LogP contribution in [0.3, 0.4) is 0 Å². The van der Waals surface area contributed by atoms with Gasteiger partial charge < -0.3 is 15.2 Å². The Labute approximate surface area is 146 Å². The van der Waals surface area contributed by atoms with Gasteiger partial charge in [-0.2, -0.15) is 5.10 Å². The Hall–Kier alpha value is -2.25. The van der Waals surface area contributed by atoms with Crippen molar-refractivity contribution in [3.8, 4) is 0 Å². The number of nitrogens with zero attached hydrogens (tertiary/aromatic N) is 4. The fraction of sp³-hybridized carbons (Fsp3) is 0.500. The quantitative estimate of drug-likeness (QED) is 0.765. The van der Waals surface area contributed by atoms with E-state index in [2.05, 4.69) is 9.97 Å². The third-order valence-electron chi connectivity index (χ3n) is 4.91. The van der Waals surface area contributed by atoms with Gasteiger partial charge in [0.25, 0.3) is 0 Å². The molecule has 1 fully saturated rings. The lowest BCUT2D eigenvalue weighted by Crippen LogP contribution is -2.20. The van der Waals surface area contributed by atoms with Crippen LogP contribution in [0.25, 0.3) is 21.9 Å². The van der Waals surface area contributed by atoms with E-state index < -0.39 is 0 Å². The summed E-state index contributed by atoms with van der Waals surface area (Å²) >= 11 is 0. The van der Waals surface area contributed by atoms with Gasteiger partial charge in [0, 0.05) is 43.0 Å². The molecule has 7 nitrogen and oxygen atoms in total. The molecule has 0 atom stereocenters. The largest absolute Gasteiger partial charge is 0.383 e. The van der Waals surface area contributed by atoms with Crippen LogP contribution in [-0.2, 0) is 22.4 Å². The number of anilines is 1. The molecule has 0 radical (unpaired) electrons. The number of hydrogen-bond acceptors (Lipinski definition) is 6. The van der Waals surface area contributed by atoms with Gasteiger partial charge in [-0.15, -0.1) is 0 Å². The van der Waals surface area contributed by atoms with Crippen LogP contribution < -0.4 is 5.73 Å². The second-order valence-corrected chi connectivity index (χ2v) is 6.52. The van der Waals surface area contributed by atoms with Crippen molar-refractivity contribution in [2.45, 2.75) is 25.8 Å². The van der Waals surface area contributed by atoms with Gasteiger partial charge in [-0.3, -0.25) is 4.68 Å². The molecule has 1 aliphatic rings. The topological polar surface area (TPSA) is 88.1 Å². The first-order valence-electron chi connectivity index (χ1n) is 8.74. The van der Waals surface area contributed by atoms with Crippen LogP contribution in [0.4, 0.5) is 5.82 Å². The minimum Gasteiger partial charge on any atom is -0.383 e. The van der Waals surface area contributed by atoms with Gasteiger partial charge in [-0.05, 0) is 37.3 Å². The monoisotopic (exact) mass is 341 g/mol. The van der Waals surface area contributed by atoms with Gasteiger partial charge in [-0.25, -0.2) is 9.97 Å². The summed E-state index contributed by atoms with van der Waals surface area (Å²) in [6.07, 6.45) is 4.85. The molecular formula is C18H23N5O2. The highest BCUT2D eigenvalue weighted by molar-refractivity contribution is 6.08. The number of fused-ring (bicyclic) bond motifs is 3. The summed E-state index contributed by atoms with van der Waals surface area (Å²) in [4.78, 5) is 8.80. The molecule has 4 heterocycles. The first-order valence-corrected chi connectivity index (χ1v) is 8.74. The van der Waals surface area contributed by atoms with E-state index in [0.29, 0.717) is 30.5 Å². The molecular weight excluding hydrogens is 318 g/mol. The van der Waals surface area contributed by atoms with E-state index in [9.17, 15) is 0 Å². The molecule has 0 unspecified atom stereocenters. The molecule has 0 aromatic carbocycles. The van der Waals surface area contributed by atoms with Crippen molar-refractivity contribution >= 4 is 27.8 Å². The number of rotatable bonds is 5. The SMILES string of the molecule is COCCn1nc2c(N)nc3ncccc3c2c1CC1CCOCC1. The lowest BCUT2D eigenvalue weighted by molar-refractivity contribution is 0.0659. The summed E-state index contributed by atoms with van der Waals surface area (Å²) in [5, 5.41) is 6.85. The van der Waals surface area contributed by atoms with E-state index in [1.54, 1.807) is 13.3 Å². The molecule has 0 spiro atoms. The van der Waals surface area contributed by atoms with Crippen molar-refractivity contribution in [2.24, 2.45) is 5.92 Å². The van der Waals surface area contributed by atoms with Crippen LogP contribution in [0.1, 0.15) is 18.5 Å². The molecule has 3 aromatic rings. The maximum atomic E-state index is 6.19. The summed E-state index contributed by atoms with van der Waals surface area (Å²) in [5.41, 5.74) is 8.82. The van der Waals surface area contributed by atoms with E-state index in [-0.39, 0.29) is 0 Å². The van der Waals surface area contributed by atoms with Crippen LogP contribution in [0.15, 0.2) is 18.3 Å². The Balaban J connectivity index is 1.88. The van der Waals surface area contributed by atoms with Crippen LogP contribution in [0.5, 0.6) is 0 Å². The normalized spacial score (nSPS) is 16.0. The van der Waals surface area contributed by atoms with Gasteiger partial charge in [0.1, 0.15) is 5.52 Å². The molecule has 3 aromatic heterocycles. The number of nitrogens with two attached hydrogens (primary N) is 1. The Morgan fingerprint density at radius 2 is 2.20 bits per heavy atom. The Bertz CT molecular complexity index is 886. The second-order valence-electron chi connectivity index (χ2n) is 6.52. The third kappa shape index (κ3) is 3.05. The predicted molar refractivity (Wildman–Crippen MR) is 96.4 cm³/mol. The molecule has 7 heteroatoms. The minimum atomic E-state index is 0.436. The highest BCUT2D eigenvalue weighted by atomic mass is 16.5. The summed E-state index contributed by atoms with van der Waals surface area (Å²) in [6, 6.07) is 3.98.